The lowest BCUT2D eigenvalue weighted by atomic mass is 10.1. The number of nitrogens with one attached hydrogen (secondary N) is 1. The summed E-state index contributed by atoms with van der Waals surface area (Å²) < 4.78 is 11.1. The molecule has 1 unspecified atom stereocenters. The molecule has 1 fully saturated rings. The van der Waals surface area contributed by atoms with Gasteiger partial charge in [-0.25, -0.2) is 4.98 Å². The van der Waals surface area contributed by atoms with Gasteiger partial charge in [0.05, 0.1) is 13.2 Å². The van der Waals surface area contributed by atoms with Gasteiger partial charge in [0, 0.05) is 30.8 Å². The SMILES string of the molecule is CCCNCc1ccc(OCC2CCOC2)nc1C. The van der Waals surface area contributed by atoms with Crippen LogP contribution in [0.5, 0.6) is 5.88 Å². The first-order valence-corrected chi connectivity index (χ1v) is 7.17. The number of nitrogens with zero attached hydrogens (tertiary/aromatic N) is 1. The van der Waals surface area contributed by atoms with E-state index in [0.717, 1.165) is 50.7 Å². The summed E-state index contributed by atoms with van der Waals surface area (Å²) in [6.07, 6.45) is 2.25. The highest BCUT2D eigenvalue weighted by Gasteiger charge is 2.16. The standard InChI is InChI=1S/C15H24N2O2/c1-3-7-16-9-14-4-5-15(17-12(14)2)19-11-13-6-8-18-10-13/h4-5,13,16H,3,6-11H2,1-2H3. The topological polar surface area (TPSA) is 43.4 Å². The van der Waals surface area contributed by atoms with E-state index in [-0.39, 0.29) is 0 Å². The molecule has 1 N–H and O–H groups in total. The van der Waals surface area contributed by atoms with Gasteiger partial charge in [0.25, 0.3) is 0 Å². The van der Waals surface area contributed by atoms with Crippen LogP contribution in [0.3, 0.4) is 0 Å². The van der Waals surface area contributed by atoms with Crippen LogP contribution < -0.4 is 10.1 Å². The fourth-order valence-electron chi connectivity index (χ4n) is 2.15. The Kier molecular flexibility index (Phi) is 5.61. The molecular weight excluding hydrogens is 240 g/mol. The minimum Gasteiger partial charge on any atom is -0.477 e. The minimum absolute atomic E-state index is 0.521. The van der Waals surface area contributed by atoms with Gasteiger partial charge in [0.15, 0.2) is 0 Å². The molecule has 1 atom stereocenters. The van der Waals surface area contributed by atoms with Crippen molar-refractivity contribution in [1.29, 1.82) is 0 Å². The second-order valence-electron chi connectivity index (χ2n) is 5.11. The molecule has 0 aromatic carbocycles. The van der Waals surface area contributed by atoms with Crippen LogP contribution in [-0.4, -0.2) is 31.3 Å². The molecule has 0 aliphatic carbocycles. The Bertz CT molecular complexity index is 390. The molecule has 0 spiro atoms. The minimum atomic E-state index is 0.521. The molecule has 1 aromatic heterocycles. The van der Waals surface area contributed by atoms with E-state index in [1.54, 1.807) is 0 Å². The second kappa shape index (κ2) is 7.46. The van der Waals surface area contributed by atoms with Crippen LogP contribution in [0.2, 0.25) is 0 Å². The third-order valence-electron chi connectivity index (χ3n) is 3.40. The fraction of sp³-hybridized carbons (Fsp3) is 0.667. The highest BCUT2D eigenvalue weighted by molar-refractivity contribution is 5.24. The third kappa shape index (κ3) is 4.48. The summed E-state index contributed by atoms with van der Waals surface area (Å²) in [6, 6.07) is 4.07. The Morgan fingerprint density at radius 3 is 3.05 bits per heavy atom. The van der Waals surface area contributed by atoms with Crippen LogP contribution >= 0.6 is 0 Å². The zero-order valence-electron chi connectivity index (χ0n) is 11.9. The molecule has 0 radical (unpaired) electrons. The van der Waals surface area contributed by atoms with Gasteiger partial charge in [-0.05, 0) is 31.9 Å². The van der Waals surface area contributed by atoms with Crippen molar-refractivity contribution in [3.8, 4) is 5.88 Å². The fourth-order valence-corrected chi connectivity index (χ4v) is 2.15. The van der Waals surface area contributed by atoms with Gasteiger partial charge < -0.3 is 14.8 Å². The maximum atomic E-state index is 5.74. The zero-order chi connectivity index (χ0) is 13.5. The number of rotatable bonds is 7. The van der Waals surface area contributed by atoms with Crippen LogP contribution in [0.25, 0.3) is 0 Å². The first-order valence-electron chi connectivity index (χ1n) is 7.17. The molecule has 2 rings (SSSR count). The van der Waals surface area contributed by atoms with Crippen molar-refractivity contribution < 1.29 is 9.47 Å². The van der Waals surface area contributed by atoms with Gasteiger partial charge >= 0.3 is 0 Å². The summed E-state index contributed by atoms with van der Waals surface area (Å²) in [6.45, 7) is 8.51. The lowest BCUT2D eigenvalue weighted by Gasteiger charge is -2.12. The van der Waals surface area contributed by atoms with Crippen LogP contribution in [-0.2, 0) is 11.3 Å². The maximum absolute atomic E-state index is 5.74. The number of pyridine rings is 1. The molecule has 106 valence electrons. The highest BCUT2D eigenvalue weighted by atomic mass is 16.5. The lowest BCUT2D eigenvalue weighted by Crippen LogP contribution is -2.16. The molecular formula is C15H24N2O2. The molecule has 2 heterocycles. The Hall–Kier alpha value is -1.13. The van der Waals surface area contributed by atoms with Crippen LogP contribution in [0.4, 0.5) is 0 Å². The van der Waals surface area contributed by atoms with E-state index in [0.29, 0.717) is 12.5 Å². The number of hydrogen-bond acceptors (Lipinski definition) is 4. The van der Waals surface area contributed by atoms with Crippen molar-refractivity contribution in [1.82, 2.24) is 10.3 Å². The average molecular weight is 264 g/mol. The molecule has 1 aliphatic rings. The van der Waals surface area contributed by atoms with E-state index in [1.165, 1.54) is 5.56 Å². The summed E-state index contributed by atoms with van der Waals surface area (Å²) in [4.78, 5) is 4.51. The number of aryl methyl sites for hydroxylation is 1. The largest absolute Gasteiger partial charge is 0.477 e. The number of hydrogen-bond donors (Lipinski definition) is 1. The molecule has 1 aromatic rings. The monoisotopic (exact) mass is 264 g/mol. The van der Waals surface area contributed by atoms with Gasteiger partial charge in [-0.15, -0.1) is 0 Å². The molecule has 1 aliphatic heterocycles. The summed E-state index contributed by atoms with van der Waals surface area (Å²) in [5.74, 6) is 1.25. The van der Waals surface area contributed by atoms with E-state index < -0.39 is 0 Å². The van der Waals surface area contributed by atoms with Crippen molar-refractivity contribution >= 4 is 0 Å². The second-order valence-corrected chi connectivity index (χ2v) is 5.11. The molecule has 0 bridgehead atoms. The summed E-state index contributed by atoms with van der Waals surface area (Å²) in [7, 11) is 0. The Morgan fingerprint density at radius 2 is 2.37 bits per heavy atom. The first kappa shape index (κ1) is 14.3. The van der Waals surface area contributed by atoms with Gasteiger partial charge in [0.1, 0.15) is 0 Å². The lowest BCUT2D eigenvalue weighted by molar-refractivity contribution is 0.165. The van der Waals surface area contributed by atoms with Crippen LogP contribution in [0.15, 0.2) is 12.1 Å². The molecule has 0 saturated carbocycles. The van der Waals surface area contributed by atoms with E-state index in [2.05, 4.69) is 23.3 Å². The van der Waals surface area contributed by atoms with E-state index in [1.807, 2.05) is 13.0 Å². The maximum Gasteiger partial charge on any atom is 0.213 e. The predicted molar refractivity (Wildman–Crippen MR) is 75.4 cm³/mol. The smallest absolute Gasteiger partial charge is 0.213 e. The highest BCUT2D eigenvalue weighted by Crippen LogP contribution is 2.16. The van der Waals surface area contributed by atoms with Crippen molar-refractivity contribution in [2.75, 3.05) is 26.4 Å². The zero-order valence-corrected chi connectivity index (χ0v) is 11.9. The number of aromatic nitrogens is 1. The molecule has 1 saturated heterocycles. The summed E-state index contributed by atoms with van der Waals surface area (Å²) >= 11 is 0. The van der Waals surface area contributed by atoms with Gasteiger partial charge in [0.2, 0.25) is 5.88 Å². The van der Waals surface area contributed by atoms with Gasteiger partial charge in [-0.1, -0.05) is 13.0 Å². The van der Waals surface area contributed by atoms with Crippen molar-refractivity contribution in [3.05, 3.63) is 23.4 Å². The predicted octanol–water partition coefficient (Wildman–Crippen LogP) is 2.30. The van der Waals surface area contributed by atoms with Crippen LogP contribution in [0, 0.1) is 12.8 Å². The van der Waals surface area contributed by atoms with E-state index >= 15 is 0 Å². The molecule has 4 nitrogen and oxygen atoms in total. The molecule has 19 heavy (non-hydrogen) atoms. The van der Waals surface area contributed by atoms with Gasteiger partial charge in [-0.2, -0.15) is 0 Å². The quantitative estimate of drug-likeness (QED) is 0.767. The molecule has 0 amide bonds. The van der Waals surface area contributed by atoms with Gasteiger partial charge in [-0.3, -0.25) is 0 Å². The Labute approximate surface area is 115 Å². The van der Waals surface area contributed by atoms with Crippen LogP contribution in [0.1, 0.15) is 31.0 Å². The number of ether oxygens (including phenoxy) is 2. The third-order valence-corrected chi connectivity index (χ3v) is 3.40. The van der Waals surface area contributed by atoms with Crippen molar-refractivity contribution in [2.24, 2.45) is 5.92 Å². The Balaban J connectivity index is 1.83. The summed E-state index contributed by atoms with van der Waals surface area (Å²) in [5.41, 5.74) is 2.29. The molecule has 4 heteroatoms. The normalized spacial score (nSPS) is 18.7. The summed E-state index contributed by atoms with van der Waals surface area (Å²) in [5, 5.41) is 3.39. The van der Waals surface area contributed by atoms with E-state index in [9.17, 15) is 0 Å². The van der Waals surface area contributed by atoms with Crippen molar-refractivity contribution in [3.63, 3.8) is 0 Å². The van der Waals surface area contributed by atoms with Crippen molar-refractivity contribution in [2.45, 2.75) is 33.2 Å². The van der Waals surface area contributed by atoms with E-state index in [4.69, 9.17) is 9.47 Å². The first-order chi connectivity index (χ1) is 9.29. The average Bonchev–Trinajstić information content (AvgIpc) is 2.92. The Morgan fingerprint density at radius 1 is 1.47 bits per heavy atom.